The zero-order valence-electron chi connectivity index (χ0n) is 11.0. The van der Waals surface area contributed by atoms with E-state index in [1.54, 1.807) is 18.2 Å². The van der Waals surface area contributed by atoms with Gasteiger partial charge in [-0.25, -0.2) is 9.78 Å². The number of nitrogens with one attached hydrogen (secondary N) is 1. The first-order chi connectivity index (χ1) is 10.2. The summed E-state index contributed by atoms with van der Waals surface area (Å²) < 4.78 is 0. The molecule has 0 radical (unpaired) electrons. The summed E-state index contributed by atoms with van der Waals surface area (Å²) in [6.45, 7) is 0. The van der Waals surface area contributed by atoms with E-state index in [4.69, 9.17) is 5.11 Å². The van der Waals surface area contributed by atoms with Crippen LogP contribution >= 0.6 is 11.3 Å². The normalized spacial score (nSPS) is 10.3. The Morgan fingerprint density at radius 3 is 2.67 bits per heavy atom. The number of nitrogens with zero attached hydrogens (tertiary/aromatic N) is 1. The third kappa shape index (κ3) is 3.09. The van der Waals surface area contributed by atoms with E-state index in [9.17, 15) is 4.79 Å². The largest absolute Gasteiger partial charge is 0.478 e. The number of hydrogen-bond donors (Lipinski definition) is 2. The molecule has 0 aliphatic rings. The third-order valence-corrected chi connectivity index (χ3v) is 3.69. The molecule has 0 saturated heterocycles. The molecule has 0 aliphatic heterocycles. The zero-order valence-corrected chi connectivity index (χ0v) is 11.8. The van der Waals surface area contributed by atoms with Gasteiger partial charge in [-0.05, 0) is 18.2 Å². The Hall–Kier alpha value is -2.66. The fraction of sp³-hybridized carbons (Fsp3) is 0. The van der Waals surface area contributed by atoms with E-state index >= 15 is 0 Å². The topological polar surface area (TPSA) is 62.2 Å². The highest BCUT2D eigenvalue weighted by Crippen LogP contribution is 2.27. The van der Waals surface area contributed by atoms with Crippen molar-refractivity contribution in [2.24, 2.45) is 0 Å². The first-order valence-electron chi connectivity index (χ1n) is 6.34. The standard InChI is InChI=1S/C16H12N2O2S/c19-15(20)12-7-4-8-13(9-12)17-16-18-14(10-21-16)11-5-2-1-3-6-11/h1-10H,(H,17,18)(H,19,20). The minimum Gasteiger partial charge on any atom is -0.478 e. The van der Waals surface area contributed by atoms with Gasteiger partial charge in [0, 0.05) is 16.6 Å². The smallest absolute Gasteiger partial charge is 0.335 e. The van der Waals surface area contributed by atoms with Gasteiger partial charge in [-0.1, -0.05) is 36.4 Å². The molecule has 0 fully saturated rings. The van der Waals surface area contributed by atoms with Crippen LogP contribution in [0.25, 0.3) is 11.3 Å². The Morgan fingerprint density at radius 2 is 1.90 bits per heavy atom. The average Bonchev–Trinajstić information content (AvgIpc) is 2.97. The maximum atomic E-state index is 11.0. The molecule has 4 nitrogen and oxygen atoms in total. The van der Waals surface area contributed by atoms with Gasteiger partial charge in [-0.2, -0.15) is 0 Å². The molecular formula is C16H12N2O2S. The van der Waals surface area contributed by atoms with Gasteiger partial charge in [0.2, 0.25) is 0 Å². The summed E-state index contributed by atoms with van der Waals surface area (Å²) >= 11 is 1.48. The van der Waals surface area contributed by atoms with Crippen molar-refractivity contribution in [3.63, 3.8) is 0 Å². The molecule has 2 N–H and O–H groups in total. The summed E-state index contributed by atoms with van der Waals surface area (Å²) in [7, 11) is 0. The highest BCUT2D eigenvalue weighted by molar-refractivity contribution is 7.14. The summed E-state index contributed by atoms with van der Waals surface area (Å²) in [5, 5.41) is 14.8. The predicted molar refractivity (Wildman–Crippen MR) is 84.2 cm³/mol. The number of benzene rings is 2. The van der Waals surface area contributed by atoms with Crippen molar-refractivity contribution in [3.05, 3.63) is 65.5 Å². The second-order valence-electron chi connectivity index (χ2n) is 4.41. The van der Waals surface area contributed by atoms with Crippen LogP contribution in [0.1, 0.15) is 10.4 Å². The van der Waals surface area contributed by atoms with Crippen molar-refractivity contribution >= 4 is 28.1 Å². The van der Waals surface area contributed by atoms with E-state index in [2.05, 4.69) is 10.3 Å². The number of carboxylic acid groups (broad SMARTS) is 1. The molecule has 104 valence electrons. The summed E-state index contributed by atoms with van der Waals surface area (Å²) in [4.78, 5) is 15.5. The van der Waals surface area contributed by atoms with Crippen LogP contribution in [0.15, 0.2) is 60.0 Å². The number of carbonyl (C=O) groups is 1. The van der Waals surface area contributed by atoms with Crippen molar-refractivity contribution in [1.82, 2.24) is 4.98 Å². The lowest BCUT2D eigenvalue weighted by Gasteiger charge is -2.03. The molecule has 0 saturated carbocycles. The molecule has 1 heterocycles. The van der Waals surface area contributed by atoms with Crippen molar-refractivity contribution < 1.29 is 9.90 Å². The Bertz CT molecular complexity index is 769. The molecule has 0 bridgehead atoms. The Labute approximate surface area is 125 Å². The number of rotatable bonds is 4. The van der Waals surface area contributed by atoms with Crippen molar-refractivity contribution in [1.29, 1.82) is 0 Å². The molecule has 2 aromatic carbocycles. The van der Waals surface area contributed by atoms with Gasteiger partial charge in [-0.15, -0.1) is 11.3 Å². The lowest BCUT2D eigenvalue weighted by molar-refractivity contribution is 0.0697. The van der Waals surface area contributed by atoms with Crippen molar-refractivity contribution in [2.45, 2.75) is 0 Å². The summed E-state index contributed by atoms with van der Waals surface area (Å²) in [6.07, 6.45) is 0. The van der Waals surface area contributed by atoms with E-state index < -0.39 is 5.97 Å². The van der Waals surface area contributed by atoms with Gasteiger partial charge in [0.05, 0.1) is 11.3 Å². The lowest BCUT2D eigenvalue weighted by atomic mass is 10.2. The molecule has 3 rings (SSSR count). The molecule has 1 aromatic heterocycles. The number of aromatic carboxylic acids is 1. The SMILES string of the molecule is O=C(O)c1cccc(Nc2nc(-c3ccccc3)cs2)c1. The summed E-state index contributed by atoms with van der Waals surface area (Å²) in [5.74, 6) is -0.942. The van der Waals surface area contributed by atoms with Gasteiger partial charge in [0.15, 0.2) is 5.13 Å². The minimum atomic E-state index is -0.942. The molecule has 0 atom stereocenters. The fourth-order valence-electron chi connectivity index (χ4n) is 1.93. The second-order valence-corrected chi connectivity index (χ2v) is 5.27. The average molecular weight is 296 g/mol. The molecule has 21 heavy (non-hydrogen) atoms. The van der Waals surface area contributed by atoms with Gasteiger partial charge in [0.1, 0.15) is 0 Å². The van der Waals surface area contributed by atoms with Crippen molar-refractivity contribution in [2.75, 3.05) is 5.32 Å². The zero-order chi connectivity index (χ0) is 14.7. The van der Waals surface area contributed by atoms with Gasteiger partial charge in [0.25, 0.3) is 0 Å². The second kappa shape index (κ2) is 5.76. The van der Waals surface area contributed by atoms with E-state index in [0.717, 1.165) is 16.4 Å². The quantitative estimate of drug-likeness (QED) is 0.755. The Balaban J connectivity index is 1.82. The molecular weight excluding hydrogens is 284 g/mol. The predicted octanol–water partition coefficient (Wildman–Crippen LogP) is 4.25. The van der Waals surface area contributed by atoms with Gasteiger partial charge >= 0.3 is 5.97 Å². The number of thiazole rings is 1. The molecule has 5 heteroatoms. The van der Waals surface area contributed by atoms with Gasteiger partial charge < -0.3 is 10.4 Å². The number of anilines is 2. The number of carboxylic acids is 1. The van der Waals surface area contributed by atoms with E-state index in [1.807, 2.05) is 41.8 Å². The Kier molecular flexibility index (Phi) is 3.66. The van der Waals surface area contributed by atoms with Crippen LogP contribution < -0.4 is 5.32 Å². The first kappa shape index (κ1) is 13.3. The summed E-state index contributed by atoms with van der Waals surface area (Å²) in [6, 6.07) is 16.6. The van der Waals surface area contributed by atoms with Crippen LogP contribution in [0.5, 0.6) is 0 Å². The third-order valence-electron chi connectivity index (χ3n) is 2.93. The molecule has 0 amide bonds. The first-order valence-corrected chi connectivity index (χ1v) is 7.22. The van der Waals surface area contributed by atoms with E-state index in [-0.39, 0.29) is 5.56 Å². The minimum absolute atomic E-state index is 0.250. The maximum Gasteiger partial charge on any atom is 0.335 e. The van der Waals surface area contributed by atoms with Crippen LogP contribution in [0.3, 0.4) is 0 Å². The Morgan fingerprint density at radius 1 is 1.10 bits per heavy atom. The monoisotopic (exact) mass is 296 g/mol. The highest BCUT2D eigenvalue weighted by Gasteiger charge is 2.06. The van der Waals surface area contributed by atoms with Gasteiger partial charge in [-0.3, -0.25) is 0 Å². The van der Waals surface area contributed by atoms with Crippen LogP contribution in [0.4, 0.5) is 10.8 Å². The van der Waals surface area contributed by atoms with E-state index in [1.165, 1.54) is 11.3 Å². The van der Waals surface area contributed by atoms with E-state index in [0.29, 0.717) is 5.69 Å². The molecule has 3 aromatic rings. The molecule has 0 spiro atoms. The van der Waals surface area contributed by atoms with Crippen LogP contribution in [-0.4, -0.2) is 16.1 Å². The van der Waals surface area contributed by atoms with Crippen LogP contribution in [0.2, 0.25) is 0 Å². The fourth-order valence-corrected chi connectivity index (χ4v) is 2.67. The highest BCUT2D eigenvalue weighted by atomic mass is 32.1. The number of aromatic nitrogens is 1. The van der Waals surface area contributed by atoms with Crippen molar-refractivity contribution in [3.8, 4) is 11.3 Å². The number of hydrogen-bond acceptors (Lipinski definition) is 4. The maximum absolute atomic E-state index is 11.0. The van der Waals surface area contributed by atoms with Crippen LogP contribution in [-0.2, 0) is 0 Å². The summed E-state index contributed by atoms with van der Waals surface area (Å²) in [5.41, 5.74) is 2.92. The lowest BCUT2D eigenvalue weighted by Crippen LogP contribution is -1.97. The molecule has 0 unspecified atom stereocenters. The molecule has 0 aliphatic carbocycles. The van der Waals surface area contributed by atoms with Crippen LogP contribution in [0, 0.1) is 0 Å².